The third kappa shape index (κ3) is 4.72. The molecule has 10 heteroatoms. The maximum atomic E-state index is 13.1. The van der Waals surface area contributed by atoms with Crippen LogP contribution in [0.4, 0.5) is 10.5 Å². The minimum absolute atomic E-state index is 0.188. The number of benzene rings is 1. The Balaban J connectivity index is 1.63. The summed E-state index contributed by atoms with van der Waals surface area (Å²) in [6.45, 7) is 6.37. The molecule has 0 saturated carbocycles. The number of anilines is 1. The number of ether oxygens (including phenoxy) is 2. The molecular formula is C25H26N4O6. The van der Waals surface area contributed by atoms with Crippen molar-refractivity contribution in [3.63, 3.8) is 0 Å². The van der Waals surface area contributed by atoms with E-state index in [4.69, 9.17) is 9.47 Å². The summed E-state index contributed by atoms with van der Waals surface area (Å²) in [6, 6.07) is 8.54. The zero-order valence-corrected chi connectivity index (χ0v) is 19.8. The summed E-state index contributed by atoms with van der Waals surface area (Å²) in [5, 5.41) is 0. The van der Waals surface area contributed by atoms with Gasteiger partial charge >= 0.3 is 17.8 Å². The van der Waals surface area contributed by atoms with Crippen molar-refractivity contribution in [2.45, 2.75) is 40.2 Å². The van der Waals surface area contributed by atoms with Crippen molar-refractivity contribution < 1.29 is 23.9 Å². The molecule has 0 aliphatic carbocycles. The molecule has 1 aliphatic rings. The van der Waals surface area contributed by atoms with Crippen LogP contribution in [0, 0.1) is 6.92 Å². The first-order valence-corrected chi connectivity index (χ1v) is 11.4. The highest BCUT2D eigenvalue weighted by atomic mass is 16.5. The number of urea groups is 1. The van der Waals surface area contributed by atoms with Gasteiger partial charge < -0.3 is 9.47 Å². The van der Waals surface area contributed by atoms with Crippen LogP contribution in [0.3, 0.4) is 0 Å². The van der Waals surface area contributed by atoms with Crippen molar-refractivity contribution in [3.05, 3.63) is 64.2 Å². The number of hydrogen-bond donors (Lipinski definition) is 0. The molecule has 0 atom stereocenters. The molecule has 3 heterocycles. The number of nitrogens with zero attached hydrogens (tertiary/aromatic N) is 4. The van der Waals surface area contributed by atoms with Crippen LogP contribution in [-0.4, -0.2) is 45.3 Å². The lowest BCUT2D eigenvalue weighted by molar-refractivity contribution is -0.139. The van der Waals surface area contributed by atoms with Gasteiger partial charge in [0.2, 0.25) is 0 Å². The molecule has 1 aliphatic heterocycles. The lowest BCUT2D eigenvalue weighted by Crippen LogP contribution is -2.33. The number of imide groups is 2. The predicted molar refractivity (Wildman–Crippen MR) is 128 cm³/mol. The summed E-state index contributed by atoms with van der Waals surface area (Å²) in [5.74, 6) is -1.12. The van der Waals surface area contributed by atoms with Gasteiger partial charge in [0.15, 0.2) is 11.5 Å². The van der Waals surface area contributed by atoms with E-state index in [0.717, 1.165) is 28.2 Å². The number of hydrogen-bond acceptors (Lipinski definition) is 7. The lowest BCUT2D eigenvalue weighted by atomic mass is 10.2. The van der Waals surface area contributed by atoms with E-state index in [0.29, 0.717) is 30.4 Å². The number of carbonyl (C=O) groups is 3. The van der Waals surface area contributed by atoms with E-state index in [1.165, 1.54) is 22.6 Å². The van der Waals surface area contributed by atoms with Crippen LogP contribution >= 0.6 is 0 Å². The number of carbonyl (C=O) groups excluding carboxylic acids is 3. The standard InChI is InChI=1S/C25H26N4O6/c1-4-10-34-19-8-7-18(13-20(19)35-11-5-2)29-24(32)23(31)28(25(29)33)15-17-12-22(30)27-14-16(3)6-9-21(27)26-17/h6-9,12-14H,4-5,10-11,15H2,1-3H3. The number of aromatic nitrogens is 2. The third-order valence-electron chi connectivity index (χ3n) is 5.34. The summed E-state index contributed by atoms with van der Waals surface area (Å²) in [4.78, 5) is 57.1. The van der Waals surface area contributed by atoms with E-state index in [9.17, 15) is 19.2 Å². The van der Waals surface area contributed by atoms with Crippen molar-refractivity contribution in [2.75, 3.05) is 18.1 Å². The van der Waals surface area contributed by atoms with Crippen molar-refractivity contribution in [3.8, 4) is 11.5 Å². The first-order valence-electron chi connectivity index (χ1n) is 11.4. The van der Waals surface area contributed by atoms with Crippen LogP contribution in [-0.2, 0) is 16.1 Å². The molecule has 3 aromatic rings. The topological polar surface area (TPSA) is 111 Å². The molecule has 35 heavy (non-hydrogen) atoms. The Kier molecular flexibility index (Phi) is 6.81. The average molecular weight is 479 g/mol. The van der Waals surface area contributed by atoms with Gasteiger partial charge in [-0.1, -0.05) is 19.9 Å². The Bertz CT molecular complexity index is 1370. The fourth-order valence-electron chi connectivity index (χ4n) is 3.67. The smallest absolute Gasteiger partial charge is 0.339 e. The Morgan fingerprint density at radius 3 is 2.29 bits per heavy atom. The second-order valence-corrected chi connectivity index (χ2v) is 8.16. The fourth-order valence-corrected chi connectivity index (χ4v) is 3.67. The Labute approximate surface area is 201 Å². The number of pyridine rings is 1. The number of fused-ring (bicyclic) bond motifs is 1. The van der Waals surface area contributed by atoms with Crippen molar-refractivity contribution in [1.29, 1.82) is 0 Å². The second kappa shape index (κ2) is 9.96. The quantitative estimate of drug-likeness (QED) is 0.343. The predicted octanol–water partition coefficient (Wildman–Crippen LogP) is 3.08. The Morgan fingerprint density at radius 2 is 1.57 bits per heavy atom. The first kappa shape index (κ1) is 23.9. The van der Waals surface area contributed by atoms with E-state index in [-0.39, 0.29) is 23.5 Å². The molecule has 0 unspecified atom stereocenters. The van der Waals surface area contributed by atoms with E-state index >= 15 is 0 Å². The van der Waals surface area contributed by atoms with Gasteiger partial charge in [0, 0.05) is 18.3 Å². The summed E-state index contributed by atoms with van der Waals surface area (Å²) in [5.41, 5.74) is 1.30. The molecule has 1 aromatic carbocycles. The van der Waals surface area contributed by atoms with Crippen molar-refractivity contribution in [1.82, 2.24) is 14.3 Å². The molecule has 4 rings (SSSR count). The van der Waals surface area contributed by atoms with Gasteiger partial charge in [-0.05, 0) is 43.5 Å². The van der Waals surface area contributed by atoms with Gasteiger partial charge in [-0.3, -0.25) is 18.8 Å². The Hall–Kier alpha value is -4.21. The molecule has 0 bridgehead atoms. The highest BCUT2D eigenvalue weighted by Gasteiger charge is 2.45. The van der Waals surface area contributed by atoms with Gasteiger partial charge in [0.1, 0.15) is 5.65 Å². The molecule has 10 nitrogen and oxygen atoms in total. The maximum absolute atomic E-state index is 13.1. The van der Waals surface area contributed by atoms with Crippen LogP contribution in [0.5, 0.6) is 11.5 Å². The molecule has 4 amide bonds. The third-order valence-corrected chi connectivity index (χ3v) is 5.34. The lowest BCUT2D eigenvalue weighted by Gasteiger charge is -2.18. The van der Waals surface area contributed by atoms with Crippen molar-refractivity contribution >= 4 is 29.2 Å². The summed E-state index contributed by atoms with van der Waals surface area (Å²) < 4.78 is 12.8. The number of rotatable bonds is 9. The van der Waals surface area contributed by atoms with Gasteiger partial charge in [-0.25, -0.2) is 19.6 Å². The minimum Gasteiger partial charge on any atom is -0.490 e. The zero-order chi connectivity index (χ0) is 25.1. The summed E-state index contributed by atoms with van der Waals surface area (Å²) >= 11 is 0. The SMILES string of the molecule is CCCOc1ccc(N2C(=O)C(=O)N(Cc3cc(=O)n4cc(C)ccc4n3)C2=O)cc1OCCC. The highest BCUT2D eigenvalue weighted by Crippen LogP contribution is 2.34. The van der Waals surface area contributed by atoms with Gasteiger partial charge in [0.05, 0.1) is 31.1 Å². The number of amides is 4. The van der Waals surface area contributed by atoms with E-state index in [2.05, 4.69) is 4.98 Å². The van der Waals surface area contributed by atoms with Crippen LogP contribution in [0.2, 0.25) is 0 Å². The van der Waals surface area contributed by atoms with Crippen LogP contribution in [0.15, 0.2) is 47.4 Å². The fraction of sp³-hybridized carbons (Fsp3) is 0.320. The molecular weight excluding hydrogens is 452 g/mol. The molecule has 182 valence electrons. The first-order chi connectivity index (χ1) is 16.8. The summed E-state index contributed by atoms with van der Waals surface area (Å²) in [6.07, 6.45) is 3.20. The van der Waals surface area contributed by atoms with E-state index in [1.54, 1.807) is 24.4 Å². The molecule has 2 aromatic heterocycles. The van der Waals surface area contributed by atoms with Crippen LogP contribution in [0.25, 0.3) is 5.65 Å². The summed E-state index contributed by atoms with van der Waals surface area (Å²) in [7, 11) is 0. The van der Waals surface area contributed by atoms with Crippen LogP contribution < -0.4 is 19.9 Å². The van der Waals surface area contributed by atoms with Crippen molar-refractivity contribution in [2.24, 2.45) is 0 Å². The minimum atomic E-state index is -0.997. The highest BCUT2D eigenvalue weighted by molar-refractivity contribution is 6.52. The van der Waals surface area contributed by atoms with Gasteiger partial charge in [0.25, 0.3) is 5.56 Å². The largest absolute Gasteiger partial charge is 0.490 e. The molecule has 1 saturated heterocycles. The normalized spacial score (nSPS) is 13.7. The molecule has 0 spiro atoms. The average Bonchev–Trinajstić information content (AvgIpc) is 3.05. The van der Waals surface area contributed by atoms with E-state index in [1.807, 2.05) is 20.8 Å². The Morgan fingerprint density at radius 1 is 0.857 bits per heavy atom. The molecule has 0 N–H and O–H groups in total. The van der Waals surface area contributed by atoms with Crippen LogP contribution in [0.1, 0.15) is 37.9 Å². The van der Waals surface area contributed by atoms with Gasteiger partial charge in [-0.2, -0.15) is 0 Å². The monoisotopic (exact) mass is 478 g/mol. The van der Waals surface area contributed by atoms with Gasteiger partial charge in [-0.15, -0.1) is 0 Å². The zero-order valence-electron chi connectivity index (χ0n) is 19.8. The number of aryl methyl sites for hydroxylation is 1. The molecule has 1 fully saturated rings. The van der Waals surface area contributed by atoms with E-state index < -0.39 is 17.8 Å². The maximum Gasteiger partial charge on any atom is 0.339 e. The second-order valence-electron chi connectivity index (χ2n) is 8.16. The molecule has 0 radical (unpaired) electrons.